The molecule has 0 spiro atoms. The molecule has 4 aliphatic carbocycles. The Bertz CT molecular complexity index is 1040. The number of hydrogen-bond donors (Lipinski definition) is 3. The lowest BCUT2D eigenvalue weighted by atomic mass is 9.48. The number of carbonyl (C=O) groups is 1. The number of methoxy groups -OCH3 is 1. The van der Waals surface area contributed by atoms with Crippen LogP contribution in [-0.2, 0) is 6.54 Å². The first-order chi connectivity index (χ1) is 16.9. The maximum Gasteiger partial charge on any atom is 0.335 e. The maximum absolute atomic E-state index is 11.2. The van der Waals surface area contributed by atoms with E-state index in [0.717, 1.165) is 34.8 Å². The summed E-state index contributed by atoms with van der Waals surface area (Å²) < 4.78 is 5.36. The number of benzene rings is 2. The van der Waals surface area contributed by atoms with Crippen molar-refractivity contribution in [2.75, 3.05) is 12.4 Å². The zero-order chi connectivity index (χ0) is 24.4. The van der Waals surface area contributed by atoms with Crippen molar-refractivity contribution in [2.24, 2.45) is 28.2 Å². The fourth-order valence-corrected chi connectivity index (χ4v) is 7.37. The molecule has 186 valence electrons. The molecule has 4 saturated carbocycles. The van der Waals surface area contributed by atoms with E-state index in [-0.39, 0.29) is 5.56 Å². The monoisotopic (exact) mass is 475 g/mol. The number of ether oxygens (including phenoxy) is 1. The summed E-state index contributed by atoms with van der Waals surface area (Å²) in [4.78, 5) is 16.1. The highest BCUT2D eigenvalue weighted by molar-refractivity contribution is 5.94. The lowest BCUT2D eigenvalue weighted by Crippen LogP contribution is -2.49. The first kappa shape index (κ1) is 23.7. The molecule has 6 heteroatoms. The minimum atomic E-state index is -0.925. The zero-order valence-corrected chi connectivity index (χ0v) is 20.8. The van der Waals surface area contributed by atoms with E-state index >= 15 is 0 Å². The first-order valence-electron chi connectivity index (χ1n) is 12.9. The Morgan fingerprint density at radius 1 is 1.09 bits per heavy atom. The van der Waals surface area contributed by atoms with E-state index in [0.29, 0.717) is 24.0 Å². The predicted octanol–water partition coefficient (Wildman–Crippen LogP) is 5.95. The van der Waals surface area contributed by atoms with Crippen LogP contribution in [0.25, 0.3) is 0 Å². The molecule has 6 rings (SSSR count). The molecule has 4 fully saturated rings. The van der Waals surface area contributed by atoms with Gasteiger partial charge in [0.2, 0.25) is 0 Å². The standard InChI is InChI=1S/C29H37N3O3/c1-19(14-29-15-21-10-22(16-29)12-23(11-21)17-29)31-28(30-18-20-4-3-5-26(13-20)35-2)32-25-8-6-24(7-9-25)27(33)34/h3-9,13,19,21-23H,10-12,14-18H2,1-2H3,(H,33,34)(H2,30,31,32)/t19-,21?,22?,23?,29?/m0/s1. The number of anilines is 1. The summed E-state index contributed by atoms with van der Waals surface area (Å²) in [5.41, 5.74) is 2.64. The third-order valence-electron chi connectivity index (χ3n) is 8.24. The average Bonchev–Trinajstić information content (AvgIpc) is 2.81. The third kappa shape index (κ3) is 5.63. The molecule has 1 atom stereocenters. The number of carboxylic acid groups (broad SMARTS) is 1. The SMILES string of the molecule is COc1cccc(CN=C(Nc2ccc(C(=O)O)cc2)N[C@@H](C)CC23CC4CC(CC(C4)C2)C3)c1. The highest BCUT2D eigenvalue weighted by atomic mass is 16.5. The second-order valence-electron chi connectivity index (χ2n) is 11.2. The van der Waals surface area contributed by atoms with Crippen molar-refractivity contribution in [1.29, 1.82) is 0 Å². The summed E-state index contributed by atoms with van der Waals surface area (Å²) in [6.07, 6.45) is 9.74. The molecular formula is C29H37N3O3. The van der Waals surface area contributed by atoms with Gasteiger partial charge in [-0.3, -0.25) is 0 Å². The van der Waals surface area contributed by atoms with Gasteiger partial charge in [0.25, 0.3) is 0 Å². The van der Waals surface area contributed by atoms with E-state index in [9.17, 15) is 9.90 Å². The van der Waals surface area contributed by atoms with Crippen LogP contribution in [0.1, 0.15) is 67.8 Å². The Hall–Kier alpha value is -3.02. The number of aliphatic imine (C=N–C) groups is 1. The molecule has 0 radical (unpaired) electrons. The van der Waals surface area contributed by atoms with Gasteiger partial charge in [0, 0.05) is 11.7 Å². The fourth-order valence-electron chi connectivity index (χ4n) is 7.37. The van der Waals surface area contributed by atoms with E-state index in [1.54, 1.807) is 31.4 Å². The zero-order valence-electron chi connectivity index (χ0n) is 20.8. The van der Waals surface area contributed by atoms with Crippen LogP contribution in [0.15, 0.2) is 53.5 Å². The molecule has 0 unspecified atom stereocenters. The summed E-state index contributed by atoms with van der Waals surface area (Å²) >= 11 is 0. The number of hydrogen-bond acceptors (Lipinski definition) is 3. The molecule has 2 aromatic carbocycles. The summed E-state index contributed by atoms with van der Waals surface area (Å²) in [5, 5.41) is 16.3. The molecule has 6 nitrogen and oxygen atoms in total. The van der Waals surface area contributed by atoms with E-state index in [2.05, 4.69) is 17.6 Å². The lowest BCUT2D eigenvalue weighted by molar-refractivity contribution is -0.0603. The highest BCUT2D eigenvalue weighted by Crippen LogP contribution is 2.61. The van der Waals surface area contributed by atoms with Crippen LogP contribution in [0.5, 0.6) is 5.75 Å². The van der Waals surface area contributed by atoms with E-state index in [1.807, 2.05) is 24.3 Å². The van der Waals surface area contributed by atoms with Crippen molar-refractivity contribution in [1.82, 2.24) is 5.32 Å². The summed E-state index contributed by atoms with van der Waals surface area (Å²) in [5.74, 6) is 3.44. The van der Waals surface area contributed by atoms with E-state index < -0.39 is 5.97 Å². The van der Waals surface area contributed by atoms with Gasteiger partial charge in [-0.1, -0.05) is 12.1 Å². The molecule has 2 aromatic rings. The van der Waals surface area contributed by atoms with Crippen LogP contribution in [0.3, 0.4) is 0 Å². The predicted molar refractivity (Wildman–Crippen MR) is 139 cm³/mol. The normalized spacial score (nSPS) is 27.9. The number of aromatic carboxylic acids is 1. The largest absolute Gasteiger partial charge is 0.497 e. The number of nitrogens with zero attached hydrogens (tertiary/aromatic N) is 1. The van der Waals surface area contributed by atoms with Crippen LogP contribution in [0, 0.1) is 23.2 Å². The lowest BCUT2D eigenvalue weighted by Gasteiger charge is -2.57. The van der Waals surface area contributed by atoms with Gasteiger partial charge in [-0.2, -0.15) is 0 Å². The second kappa shape index (κ2) is 9.92. The van der Waals surface area contributed by atoms with Crippen molar-refractivity contribution < 1.29 is 14.6 Å². The van der Waals surface area contributed by atoms with Gasteiger partial charge >= 0.3 is 5.97 Å². The van der Waals surface area contributed by atoms with Crippen molar-refractivity contribution in [3.8, 4) is 5.75 Å². The first-order valence-corrected chi connectivity index (χ1v) is 12.9. The minimum absolute atomic E-state index is 0.272. The van der Waals surface area contributed by atoms with Crippen molar-refractivity contribution >= 4 is 17.6 Å². The third-order valence-corrected chi connectivity index (χ3v) is 8.24. The molecule has 3 N–H and O–H groups in total. The van der Waals surface area contributed by atoms with Gasteiger partial charge in [-0.25, -0.2) is 9.79 Å². The molecule has 4 aliphatic rings. The number of carboxylic acids is 1. The Morgan fingerprint density at radius 2 is 1.74 bits per heavy atom. The second-order valence-corrected chi connectivity index (χ2v) is 11.2. The molecule has 0 amide bonds. The number of nitrogens with one attached hydrogen (secondary N) is 2. The average molecular weight is 476 g/mol. The Kier molecular flexibility index (Phi) is 6.72. The topological polar surface area (TPSA) is 83.0 Å². The minimum Gasteiger partial charge on any atom is -0.497 e. The number of guanidine groups is 1. The van der Waals surface area contributed by atoms with Crippen molar-refractivity contribution in [3.05, 3.63) is 59.7 Å². The molecule has 0 saturated heterocycles. The summed E-state index contributed by atoms with van der Waals surface area (Å²) in [6.45, 7) is 2.79. The highest BCUT2D eigenvalue weighted by Gasteiger charge is 2.51. The van der Waals surface area contributed by atoms with E-state index in [1.165, 1.54) is 44.9 Å². The molecule has 0 aliphatic heterocycles. The smallest absolute Gasteiger partial charge is 0.335 e. The van der Waals surface area contributed by atoms with Crippen molar-refractivity contribution in [3.63, 3.8) is 0 Å². The van der Waals surface area contributed by atoms with Gasteiger partial charge in [-0.15, -0.1) is 0 Å². The van der Waals surface area contributed by atoms with Gasteiger partial charge in [0.1, 0.15) is 5.75 Å². The maximum atomic E-state index is 11.2. The van der Waals surface area contributed by atoms with Crippen LogP contribution < -0.4 is 15.4 Å². The Morgan fingerprint density at radius 3 is 2.34 bits per heavy atom. The van der Waals surface area contributed by atoms with Gasteiger partial charge in [0.15, 0.2) is 5.96 Å². The van der Waals surface area contributed by atoms with Crippen LogP contribution in [0.4, 0.5) is 5.69 Å². The van der Waals surface area contributed by atoms with Crippen LogP contribution in [0.2, 0.25) is 0 Å². The molecular weight excluding hydrogens is 438 g/mol. The van der Waals surface area contributed by atoms with Gasteiger partial charge < -0.3 is 20.5 Å². The summed E-state index contributed by atoms with van der Waals surface area (Å²) in [7, 11) is 1.67. The quantitative estimate of drug-likeness (QED) is 0.325. The Labute approximate surface area is 208 Å². The fraction of sp³-hybridized carbons (Fsp3) is 0.517. The van der Waals surface area contributed by atoms with Gasteiger partial charge in [0.05, 0.1) is 19.2 Å². The van der Waals surface area contributed by atoms with Gasteiger partial charge in [-0.05, 0) is 117 Å². The molecule has 4 bridgehead atoms. The van der Waals surface area contributed by atoms with Crippen molar-refractivity contribution in [2.45, 2.75) is 64.5 Å². The van der Waals surface area contributed by atoms with Crippen LogP contribution in [-0.4, -0.2) is 30.2 Å². The van der Waals surface area contributed by atoms with E-state index in [4.69, 9.17) is 9.73 Å². The molecule has 0 aromatic heterocycles. The summed E-state index contributed by atoms with van der Waals surface area (Å²) in [6, 6.07) is 15.1. The van der Waals surface area contributed by atoms with Crippen LogP contribution >= 0.6 is 0 Å². The number of rotatable bonds is 8. The molecule has 35 heavy (non-hydrogen) atoms. The Balaban J connectivity index is 1.30. The molecule has 0 heterocycles.